The van der Waals surface area contributed by atoms with E-state index in [1.807, 2.05) is 13.8 Å². The van der Waals surface area contributed by atoms with Crippen LogP contribution in [-0.2, 0) is 11.3 Å². The standard InChI is InChI=1S/C24H28N4O4/c1-15-13-16(2)25-22-21(15)23(30)27(14-20(29)26-17-9-5-4-6-10-17)24(31)28(22)18-11-7-8-12-19(18)32-3/h7-8,11-13,17H,4-6,9-10,14H2,1-3H3,(H,26,29). The molecule has 8 heteroatoms. The zero-order valence-electron chi connectivity index (χ0n) is 18.7. The Morgan fingerprint density at radius 3 is 2.59 bits per heavy atom. The largest absolute Gasteiger partial charge is 0.495 e. The number of carbonyl (C=O) groups is 1. The fourth-order valence-electron chi connectivity index (χ4n) is 4.51. The molecule has 1 aliphatic rings. The first-order valence-electron chi connectivity index (χ1n) is 11.0. The third kappa shape index (κ3) is 4.04. The van der Waals surface area contributed by atoms with Crippen molar-refractivity contribution >= 4 is 16.9 Å². The van der Waals surface area contributed by atoms with E-state index < -0.39 is 11.2 Å². The van der Waals surface area contributed by atoms with Gasteiger partial charge in [-0.25, -0.2) is 18.9 Å². The minimum absolute atomic E-state index is 0.0925. The van der Waals surface area contributed by atoms with E-state index in [9.17, 15) is 14.4 Å². The Balaban J connectivity index is 1.90. The topological polar surface area (TPSA) is 95.2 Å². The molecule has 0 unspecified atom stereocenters. The molecule has 2 heterocycles. The van der Waals surface area contributed by atoms with E-state index in [4.69, 9.17) is 4.74 Å². The molecule has 1 aromatic carbocycles. The van der Waals surface area contributed by atoms with Gasteiger partial charge >= 0.3 is 5.69 Å². The van der Waals surface area contributed by atoms with Crippen molar-refractivity contribution in [1.82, 2.24) is 19.4 Å². The summed E-state index contributed by atoms with van der Waals surface area (Å²) in [6, 6.07) is 8.94. The number of aromatic nitrogens is 3. The highest BCUT2D eigenvalue weighted by Crippen LogP contribution is 2.24. The number of nitrogens with zero attached hydrogens (tertiary/aromatic N) is 3. The lowest BCUT2D eigenvalue weighted by molar-refractivity contribution is -0.122. The van der Waals surface area contributed by atoms with Crippen molar-refractivity contribution < 1.29 is 9.53 Å². The van der Waals surface area contributed by atoms with Crippen LogP contribution in [0.5, 0.6) is 5.75 Å². The van der Waals surface area contributed by atoms with Gasteiger partial charge < -0.3 is 10.1 Å². The minimum atomic E-state index is -0.622. The van der Waals surface area contributed by atoms with Gasteiger partial charge in [-0.15, -0.1) is 0 Å². The summed E-state index contributed by atoms with van der Waals surface area (Å²) in [5, 5.41) is 3.30. The van der Waals surface area contributed by atoms with Crippen LogP contribution in [0, 0.1) is 13.8 Å². The number of pyridine rings is 1. The number of hydrogen-bond donors (Lipinski definition) is 1. The maximum Gasteiger partial charge on any atom is 0.337 e. The second-order valence-electron chi connectivity index (χ2n) is 8.36. The first kappa shape index (κ1) is 21.8. The molecule has 8 nitrogen and oxygen atoms in total. The highest BCUT2D eigenvalue weighted by Gasteiger charge is 2.22. The van der Waals surface area contributed by atoms with E-state index in [0.29, 0.717) is 28.1 Å². The van der Waals surface area contributed by atoms with Gasteiger partial charge in [-0.2, -0.15) is 0 Å². The van der Waals surface area contributed by atoms with Gasteiger partial charge in [-0.1, -0.05) is 31.4 Å². The lowest BCUT2D eigenvalue weighted by atomic mass is 9.95. The molecule has 0 aliphatic heterocycles. The first-order valence-corrected chi connectivity index (χ1v) is 11.0. The Morgan fingerprint density at radius 2 is 1.88 bits per heavy atom. The fraction of sp³-hybridized carbons (Fsp3) is 0.417. The van der Waals surface area contributed by atoms with Gasteiger partial charge in [0.2, 0.25) is 5.91 Å². The van der Waals surface area contributed by atoms with E-state index in [0.717, 1.165) is 30.3 Å². The molecule has 2 aromatic heterocycles. The molecule has 168 valence electrons. The number of benzene rings is 1. The lowest BCUT2D eigenvalue weighted by Crippen LogP contribution is -2.46. The first-order chi connectivity index (χ1) is 15.4. The second kappa shape index (κ2) is 8.98. The zero-order chi connectivity index (χ0) is 22.8. The Morgan fingerprint density at radius 1 is 1.16 bits per heavy atom. The van der Waals surface area contributed by atoms with Crippen LogP contribution in [0.3, 0.4) is 0 Å². The summed E-state index contributed by atoms with van der Waals surface area (Å²) in [5.74, 6) is 0.133. The van der Waals surface area contributed by atoms with Crippen molar-refractivity contribution in [3.8, 4) is 11.4 Å². The highest BCUT2D eigenvalue weighted by atomic mass is 16.5. The molecule has 1 aliphatic carbocycles. The summed E-state index contributed by atoms with van der Waals surface area (Å²) >= 11 is 0. The molecular formula is C24H28N4O4. The van der Waals surface area contributed by atoms with Crippen LogP contribution in [-0.4, -0.2) is 33.2 Å². The van der Waals surface area contributed by atoms with Crippen molar-refractivity contribution in [2.45, 2.75) is 58.5 Å². The van der Waals surface area contributed by atoms with Gasteiger partial charge in [0.1, 0.15) is 12.3 Å². The number of aryl methyl sites for hydroxylation is 2. The number of amides is 1. The molecule has 4 rings (SSSR count). The van der Waals surface area contributed by atoms with Crippen LogP contribution in [0.4, 0.5) is 0 Å². The Hall–Kier alpha value is -3.42. The minimum Gasteiger partial charge on any atom is -0.495 e. The molecule has 1 N–H and O–H groups in total. The van der Waals surface area contributed by atoms with E-state index >= 15 is 0 Å². The Bertz CT molecular complexity index is 1290. The third-order valence-corrected chi connectivity index (χ3v) is 6.02. The number of para-hydroxylation sites is 2. The van der Waals surface area contributed by atoms with Gasteiger partial charge in [0, 0.05) is 11.7 Å². The predicted octanol–water partition coefficient (Wildman–Crippen LogP) is 2.62. The van der Waals surface area contributed by atoms with Crippen LogP contribution in [0.2, 0.25) is 0 Å². The molecule has 1 fully saturated rings. The summed E-state index contributed by atoms with van der Waals surface area (Å²) in [6.07, 6.45) is 5.17. The van der Waals surface area contributed by atoms with Crippen molar-refractivity contribution in [2.75, 3.05) is 7.11 Å². The van der Waals surface area contributed by atoms with E-state index in [1.165, 1.54) is 18.1 Å². The average molecular weight is 437 g/mol. The summed E-state index contributed by atoms with van der Waals surface area (Å²) in [4.78, 5) is 44.2. The van der Waals surface area contributed by atoms with Gasteiger partial charge in [0.25, 0.3) is 5.56 Å². The predicted molar refractivity (Wildman–Crippen MR) is 123 cm³/mol. The van der Waals surface area contributed by atoms with Crippen LogP contribution < -0.4 is 21.3 Å². The van der Waals surface area contributed by atoms with Crippen LogP contribution >= 0.6 is 0 Å². The molecule has 32 heavy (non-hydrogen) atoms. The van der Waals surface area contributed by atoms with Crippen molar-refractivity contribution in [2.24, 2.45) is 0 Å². The number of ether oxygens (including phenoxy) is 1. The Kier molecular flexibility index (Phi) is 6.12. The lowest BCUT2D eigenvalue weighted by Gasteiger charge is -2.23. The van der Waals surface area contributed by atoms with Crippen molar-refractivity contribution in [3.63, 3.8) is 0 Å². The van der Waals surface area contributed by atoms with Gasteiger partial charge in [0.05, 0.1) is 18.2 Å². The number of hydrogen-bond acceptors (Lipinski definition) is 5. The number of rotatable bonds is 5. The molecule has 1 amide bonds. The quantitative estimate of drug-likeness (QED) is 0.663. The maximum atomic E-state index is 13.6. The number of carbonyl (C=O) groups excluding carboxylic acids is 1. The van der Waals surface area contributed by atoms with E-state index in [2.05, 4.69) is 10.3 Å². The summed E-state index contributed by atoms with van der Waals surface area (Å²) < 4.78 is 7.82. The summed E-state index contributed by atoms with van der Waals surface area (Å²) in [7, 11) is 1.52. The number of methoxy groups -OCH3 is 1. The van der Waals surface area contributed by atoms with E-state index in [-0.39, 0.29) is 24.1 Å². The fourth-order valence-corrected chi connectivity index (χ4v) is 4.51. The van der Waals surface area contributed by atoms with Crippen LogP contribution in [0.25, 0.3) is 16.7 Å². The highest BCUT2D eigenvalue weighted by molar-refractivity contribution is 5.81. The SMILES string of the molecule is COc1ccccc1-n1c(=O)n(CC(=O)NC2CCCCC2)c(=O)c2c(C)cc(C)nc21. The molecule has 1 saturated carbocycles. The normalized spacial score (nSPS) is 14.5. The van der Waals surface area contributed by atoms with Gasteiger partial charge in [0.15, 0.2) is 5.65 Å². The third-order valence-electron chi connectivity index (χ3n) is 6.02. The average Bonchev–Trinajstić information content (AvgIpc) is 2.77. The summed E-state index contributed by atoms with van der Waals surface area (Å²) in [5.41, 5.74) is 0.964. The Labute approximate surface area is 185 Å². The molecular weight excluding hydrogens is 408 g/mol. The molecule has 0 atom stereocenters. The molecule has 0 saturated heterocycles. The molecule has 3 aromatic rings. The monoisotopic (exact) mass is 436 g/mol. The van der Waals surface area contributed by atoms with Crippen molar-refractivity contribution in [1.29, 1.82) is 0 Å². The van der Waals surface area contributed by atoms with Crippen LogP contribution in [0.1, 0.15) is 43.4 Å². The van der Waals surface area contributed by atoms with E-state index in [1.54, 1.807) is 30.3 Å². The smallest absolute Gasteiger partial charge is 0.337 e. The zero-order valence-corrected chi connectivity index (χ0v) is 18.7. The van der Waals surface area contributed by atoms with Crippen molar-refractivity contribution in [3.05, 3.63) is 62.4 Å². The number of nitrogens with one attached hydrogen (secondary N) is 1. The second-order valence-corrected chi connectivity index (χ2v) is 8.36. The van der Waals surface area contributed by atoms with Gasteiger partial charge in [-0.3, -0.25) is 9.59 Å². The molecule has 0 bridgehead atoms. The molecule has 0 spiro atoms. The molecule has 0 radical (unpaired) electrons. The summed E-state index contributed by atoms with van der Waals surface area (Å²) in [6.45, 7) is 3.28. The van der Waals surface area contributed by atoms with Gasteiger partial charge in [-0.05, 0) is 50.5 Å². The van der Waals surface area contributed by atoms with Crippen LogP contribution in [0.15, 0.2) is 39.9 Å². The number of fused-ring (bicyclic) bond motifs is 1. The maximum absolute atomic E-state index is 13.6.